The zero-order valence-corrected chi connectivity index (χ0v) is 11.5. The molecule has 0 saturated heterocycles. The molecule has 0 radical (unpaired) electrons. The van der Waals surface area contributed by atoms with Gasteiger partial charge in [0.2, 0.25) is 0 Å². The summed E-state index contributed by atoms with van der Waals surface area (Å²) in [5, 5.41) is 10.2. The van der Waals surface area contributed by atoms with Gasteiger partial charge in [0.15, 0.2) is 0 Å². The summed E-state index contributed by atoms with van der Waals surface area (Å²) >= 11 is 0. The van der Waals surface area contributed by atoms with Gasteiger partial charge in [-0.25, -0.2) is 0 Å². The second-order valence-corrected chi connectivity index (χ2v) is 6.04. The van der Waals surface area contributed by atoms with E-state index in [1.54, 1.807) is 26.8 Å². The topological polar surface area (TPSA) is 55.8 Å². The lowest BCUT2D eigenvalue weighted by atomic mass is 9.93. The molecular weight excluding hydrogens is 227 g/mol. The van der Waals surface area contributed by atoms with E-state index in [-0.39, 0.29) is 12.1 Å². The van der Waals surface area contributed by atoms with Crippen molar-refractivity contribution in [2.24, 2.45) is 5.92 Å². The molecular formula is C11H23O4P. The van der Waals surface area contributed by atoms with Crippen molar-refractivity contribution in [1.29, 1.82) is 0 Å². The Bertz CT molecular complexity index is 253. The number of rotatable bonds is 8. The van der Waals surface area contributed by atoms with Gasteiger partial charge in [-0.15, -0.1) is 6.58 Å². The molecule has 2 unspecified atom stereocenters. The Morgan fingerprint density at radius 1 is 1.44 bits per heavy atom. The smallest absolute Gasteiger partial charge is 0.333 e. The van der Waals surface area contributed by atoms with Crippen LogP contribution in [0.15, 0.2) is 12.7 Å². The zero-order valence-electron chi connectivity index (χ0n) is 10.6. The molecule has 0 amide bonds. The van der Waals surface area contributed by atoms with Crippen LogP contribution in [0.4, 0.5) is 0 Å². The van der Waals surface area contributed by atoms with E-state index in [1.807, 2.05) is 6.92 Å². The van der Waals surface area contributed by atoms with Crippen molar-refractivity contribution in [3.8, 4) is 0 Å². The van der Waals surface area contributed by atoms with Gasteiger partial charge in [0.25, 0.3) is 0 Å². The van der Waals surface area contributed by atoms with Gasteiger partial charge in [0.1, 0.15) is 0 Å². The van der Waals surface area contributed by atoms with E-state index >= 15 is 0 Å². The van der Waals surface area contributed by atoms with Gasteiger partial charge >= 0.3 is 7.60 Å². The first-order chi connectivity index (χ1) is 7.31. The largest absolute Gasteiger partial charge is 0.389 e. The highest BCUT2D eigenvalue weighted by Gasteiger charge is 2.37. The molecule has 0 aromatic rings. The van der Waals surface area contributed by atoms with E-state index in [1.165, 1.54) is 0 Å². The first-order valence-electron chi connectivity index (χ1n) is 5.54. The molecule has 2 atom stereocenters. The fourth-order valence-electron chi connectivity index (χ4n) is 1.31. The number of aliphatic hydroxyl groups is 1. The molecule has 0 heterocycles. The average Bonchev–Trinajstić information content (AvgIpc) is 2.15. The van der Waals surface area contributed by atoms with Crippen molar-refractivity contribution in [2.45, 2.75) is 33.3 Å². The van der Waals surface area contributed by atoms with Gasteiger partial charge in [-0.05, 0) is 20.8 Å². The van der Waals surface area contributed by atoms with Crippen molar-refractivity contribution in [3.63, 3.8) is 0 Å². The van der Waals surface area contributed by atoms with Crippen LogP contribution in [0.5, 0.6) is 0 Å². The minimum atomic E-state index is -3.21. The molecule has 0 aliphatic rings. The molecule has 0 aliphatic carbocycles. The molecule has 96 valence electrons. The number of hydrogen-bond acceptors (Lipinski definition) is 4. The van der Waals surface area contributed by atoms with Crippen molar-refractivity contribution in [3.05, 3.63) is 12.7 Å². The summed E-state index contributed by atoms with van der Waals surface area (Å²) < 4.78 is 22.5. The molecule has 0 bridgehead atoms. The first kappa shape index (κ1) is 15.9. The second kappa shape index (κ2) is 6.55. The summed E-state index contributed by atoms with van der Waals surface area (Å²) in [5.74, 6) is -0.179. The molecule has 0 saturated carbocycles. The van der Waals surface area contributed by atoms with Crippen LogP contribution in [0.1, 0.15) is 27.7 Å². The normalized spacial score (nSPS) is 17.8. The van der Waals surface area contributed by atoms with Crippen molar-refractivity contribution in [1.82, 2.24) is 0 Å². The Morgan fingerprint density at radius 2 is 1.88 bits per heavy atom. The van der Waals surface area contributed by atoms with Gasteiger partial charge in [-0.2, -0.15) is 0 Å². The van der Waals surface area contributed by atoms with Crippen LogP contribution in [-0.2, 0) is 13.6 Å². The van der Waals surface area contributed by atoms with E-state index in [2.05, 4.69) is 6.58 Å². The summed E-state index contributed by atoms with van der Waals surface area (Å²) in [4.78, 5) is 0. The van der Waals surface area contributed by atoms with Gasteiger partial charge in [0.05, 0.1) is 25.0 Å². The molecule has 16 heavy (non-hydrogen) atoms. The van der Waals surface area contributed by atoms with Crippen LogP contribution in [0.3, 0.4) is 0 Å². The van der Waals surface area contributed by atoms with Crippen LogP contribution < -0.4 is 0 Å². The third-order valence-corrected chi connectivity index (χ3v) is 4.83. The Kier molecular flexibility index (Phi) is 6.49. The van der Waals surface area contributed by atoms with E-state index < -0.39 is 13.2 Å². The fourth-order valence-corrected chi connectivity index (χ4v) is 3.43. The van der Waals surface area contributed by atoms with E-state index in [0.29, 0.717) is 13.2 Å². The number of hydrogen-bond donors (Lipinski definition) is 1. The van der Waals surface area contributed by atoms with Crippen LogP contribution in [-0.4, -0.2) is 30.1 Å². The predicted molar refractivity (Wildman–Crippen MR) is 65.7 cm³/mol. The van der Waals surface area contributed by atoms with Crippen LogP contribution in [0.2, 0.25) is 0 Å². The lowest BCUT2D eigenvalue weighted by Gasteiger charge is -2.31. The van der Waals surface area contributed by atoms with E-state index in [9.17, 15) is 9.67 Å². The minimum Gasteiger partial charge on any atom is -0.389 e. The van der Waals surface area contributed by atoms with Gasteiger partial charge in [-0.1, -0.05) is 13.0 Å². The first-order valence-corrected chi connectivity index (χ1v) is 7.27. The summed E-state index contributed by atoms with van der Waals surface area (Å²) in [6.45, 7) is 11.1. The Morgan fingerprint density at radius 3 is 2.19 bits per heavy atom. The van der Waals surface area contributed by atoms with Crippen molar-refractivity contribution in [2.75, 3.05) is 19.4 Å². The van der Waals surface area contributed by atoms with Crippen molar-refractivity contribution < 1.29 is 18.7 Å². The molecule has 4 nitrogen and oxygen atoms in total. The summed E-state index contributed by atoms with van der Waals surface area (Å²) in [6, 6.07) is 0. The predicted octanol–water partition coefficient (Wildman–Crippen LogP) is 2.83. The van der Waals surface area contributed by atoms with E-state index in [0.717, 1.165) is 0 Å². The summed E-state index contributed by atoms with van der Waals surface area (Å²) in [7, 11) is -3.21. The molecule has 0 aliphatic heterocycles. The molecule has 0 aromatic carbocycles. The third-order valence-electron chi connectivity index (χ3n) is 2.50. The molecule has 0 spiro atoms. The highest BCUT2D eigenvalue weighted by atomic mass is 31.2. The lowest BCUT2D eigenvalue weighted by molar-refractivity contribution is 0.0395. The lowest BCUT2D eigenvalue weighted by Crippen LogP contribution is -2.36. The highest BCUT2D eigenvalue weighted by molar-refractivity contribution is 7.53. The molecule has 0 rings (SSSR count). The van der Waals surface area contributed by atoms with Crippen LogP contribution >= 0.6 is 7.60 Å². The molecule has 1 N–H and O–H groups in total. The van der Waals surface area contributed by atoms with Gasteiger partial charge in [0, 0.05) is 5.92 Å². The fraction of sp³-hybridized carbons (Fsp3) is 0.818. The summed E-state index contributed by atoms with van der Waals surface area (Å²) in [5.41, 5.74) is -1.14. The SMILES string of the molecule is C=CC(C)C(C)(O)CP(=O)(OCC)OCC. The molecule has 5 heteroatoms. The maximum atomic E-state index is 12.2. The van der Waals surface area contributed by atoms with Gasteiger partial charge in [-0.3, -0.25) is 4.57 Å². The third kappa shape index (κ3) is 4.79. The van der Waals surface area contributed by atoms with Crippen LogP contribution in [0.25, 0.3) is 0 Å². The minimum absolute atomic E-state index is 0.0190. The molecule has 0 aromatic heterocycles. The Hall–Kier alpha value is -0.150. The zero-order chi connectivity index (χ0) is 12.8. The van der Waals surface area contributed by atoms with Gasteiger partial charge < -0.3 is 14.2 Å². The Labute approximate surface area is 98.2 Å². The Balaban J connectivity index is 4.73. The second-order valence-electron chi connectivity index (χ2n) is 3.99. The molecule has 0 fully saturated rings. The standard InChI is InChI=1S/C11H23O4P/c1-6-10(4)11(5,12)9-16(13,14-7-2)15-8-3/h6,10,12H,1,7-9H2,2-5H3. The maximum Gasteiger partial charge on any atom is 0.333 e. The van der Waals surface area contributed by atoms with E-state index in [4.69, 9.17) is 9.05 Å². The van der Waals surface area contributed by atoms with Crippen LogP contribution in [0, 0.1) is 5.92 Å². The van der Waals surface area contributed by atoms with Crippen molar-refractivity contribution >= 4 is 7.60 Å². The monoisotopic (exact) mass is 250 g/mol. The highest BCUT2D eigenvalue weighted by Crippen LogP contribution is 2.51. The maximum absolute atomic E-state index is 12.2. The quantitative estimate of drug-likeness (QED) is 0.531. The summed E-state index contributed by atoms with van der Waals surface area (Å²) in [6.07, 6.45) is 1.61. The average molecular weight is 250 g/mol.